The second kappa shape index (κ2) is 3.31. The van der Waals surface area contributed by atoms with Crippen molar-refractivity contribution in [2.45, 2.75) is 32.4 Å². The Balaban J connectivity index is 1.73. The number of hydrazone groups is 1. The molecule has 0 radical (unpaired) electrons. The summed E-state index contributed by atoms with van der Waals surface area (Å²) in [5, 5.41) is 9.46. The van der Waals surface area contributed by atoms with E-state index in [2.05, 4.69) is 15.4 Å². The molecule has 1 aliphatic carbocycles. The molecule has 1 aromatic heterocycles. The van der Waals surface area contributed by atoms with Gasteiger partial charge >= 0.3 is 0 Å². The summed E-state index contributed by atoms with van der Waals surface area (Å²) < 4.78 is 0. The van der Waals surface area contributed by atoms with Crippen LogP contribution in [-0.4, -0.2) is 27.8 Å². The van der Waals surface area contributed by atoms with Crippen molar-refractivity contribution in [3.8, 4) is 0 Å². The Morgan fingerprint density at radius 1 is 1.44 bits per heavy atom. The molecule has 92 valence electrons. The van der Waals surface area contributed by atoms with E-state index in [9.17, 15) is 4.79 Å². The van der Waals surface area contributed by atoms with Crippen molar-refractivity contribution in [3.63, 3.8) is 0 Å². The lowest BCUT2D eigenvalue weighted by Gasteiger charge is -2.29. The zero-order chi connectivity index (χ0) is 12.3. The van der Waals surface area contributed by atoms with Gasteiger partial charge in [-0.15, -0.1) is 0 Å². The van der Waals surface area contributed by atoms with Gasteiger partial charge < -0.3 is 5.32 Å². The van der Waals surface area contributed by atoms with Gasteiger partial charge in [0.1, 0.15) is 6.17 Å². The molecular formula is C13H14N4O. The molecule has 1 saturated carbocycles. The summed E-state index contributed by atoms with van der Waals surface area (Å²) in [6, 6.07) is 1.82. The average Bonchev–Trinajstić information content (AvgIpc) is 3.12. The van der Waals surface area contributed by atoms with Gasteiger partial charge in [-0.05, 0) is 31.7 Å². The third-order valence-corrected chi connectivity index (χ3v) is 3.78. The number of fused-ring (bicyclic) bond motifs is 2. The van der Waals surface area contributed by atoms with Crippen LogP contribution >= 0.6 is 0 Å². The van der Waals surface area contributed by atoms with Gasteiger partial charge in [0.2, 0.25) is 0 Å². The molecule has 1 fully saturated rings. The van der Waals surface area contributed by atoms with Crippen LogP contribution in [0.25, 0.3) is 0 Å². The lowest BCUT2D eigenvalue weighted by Crippen LogP contribution is -2.43. The van der Waals surface area contributed by atoms with E-state index < -0.39 is 0 Å². The van der Waals surface area contributed by atoms with Gasteiger partial charge in [0.15, 0.2) is 0 Å². The van der Waals surface area contributed by atoms with Gasteiger partial charge in [-0.2, -0.15) is 5.10 Å². The second-order valence-corrected chi connectivity index (χ2v) is 5.25. The van der Waals surface area contributed by atoms with Crippen LogP contribution < -0.4 is 5.32 Å². The number of rotatable bonds is 1. The van der Waals surface area contributed by atoms with Crippen LogP contribution in [0.3, 0.4) is 0 Å². The van der Waals surface area contributed by atoms with E-state index in [0.717, 1.165) is 17.8 Å². The van der Waals surface area contributed by atoms with Crippen LogP contribution in [0.5, 0.6) is 0 Å². The van der Waals surface area contributed by atoms with Crippen molar-refractivity contribution in [1.29, 1.82) is 0 Å². The molecule has 3 heterocycles. The molecule has 18 heavy (non-hydrogen) atoms. The number of hydrogen-bond donors (Lipinski definition) is 1. The molecule has 0 spiro atoms. The molecule has 5 nitrogen and oxygen atoms in total. The maximum absolute atomic E-state index is 12.4. The number of aromatic nitrogens is 1. The SMILES string of the molecule is Cc1cc2c(cn1)NC1CC(C3CC3)=NN1C2=O. The number of carbonyl (C=O) groups is 1. The summed E-state index contributed by atoms with van der Waals surface area (Å²) in [6.45, 7) is 1.89. The first kappa shape index (κ1) is 10.1. The van der Waals surface area contributed by atoms with Crippen LogP contribution in [-0.2, 0) is 0 Å². The first-order chi connectivity index (χ1) is 8.72. The standard InChI is InChI=1S/C13H14N4O/c1-7-4-9-11(6-14-7)15-12-5-10(8-2-3-8)16-17(12)13(9)18/h4,6,8,12,15H,2-3,5H2,1H3. The van der Waals surface area contributed by atoms with Crippen molar-refractivity contribution in [1.82, 2.24) is 9.99 Å². The number of aryl methyl sites for hydroxylation is 1. The predicted octanol–water partition coefficient (Wildman–Crippen LogP) is 1.75. The number of nitrogens with one attached hydrogen (secondary N) is 1. The maximum atomic E-state index is 12.4. The number of amides is 1. The molecule has 4 rings (SSSR count). The minimum Gasteiger partial charge on any atom is -0.361 e. The highest BCUT2D eigenvalue weighted by atomic mass is 16.2. The highest BCUT2D eigenvalue weighted by molar-refractivity contribution is 6.04. The topological polar surface area (TPSA) is 57.6 Å². The van der Waals surface area contributed by atoms with Gasteiger partial charge in [0.25, 0.3) is 5.91 Å². The Hall–Kier alpha value is -1.91. The van der Waals surface area contributed by atoms with Crippen LogP contribution in [0.4, 0.5) is 5.69 Å². The Labute approximate surface area is 105 Å². The van der Waals surface area contributed by atoms with Crippen LogP contribution in [0.2, 0.25) is 0 Å². The first-order valence-corrected chi connectivity index (χ1v) is 6.36. The molecule has 0 saturated heterocycles. The van der Waals surface area contributed by atoms with Crippen LogP contribution in [0, 0.1) is 12.8 Å². The molecule has 0 bridgehead atoms. The smallest absolute Gasteiger partial charge is 0.278 e. The molecule has 1 aromatic rings. The minimum atomic E-state index is -0.00916. The quantitative estimate of drug-likeness (QED) is 0.816. The fourth-order valence-corrected chi connectivity index (χ4v) is 2.65. The third-order valence-electron chi connectivity index (χ3n) is 3.78. The Bertz CT molecular complexity index is 576. The lowest BCUT2D eigenvalue weighted by molar-refractivity contribution is 0.0717. The molecular weight excluding hydrogens is 228 g/mol. The van der Waals surface area contributed by atoms with Gasteiger partial charge in [-0.25, -0.2) is 5.01 Å². The monoisotopic (exact) mass is 242 g/mol. The molecule has 1 amide bonds. The summed E-state index contributed by atoms with van der Waals surface area (Å²) in [5.41, 5.74) is 3.55. The zero-order valence-electron chi connectivity index (χ0n) is 10.2. The molecule has 2 aliphatic heterocycles. The predicted molar refractivity (Wildman–Crippen MR) is 67.3 cm³/mol. The van der Waals surface area contributed by atoms with Gasteiger partial charge in [0, 0.05) is 17.8 Å². The fraction of sp³-hybridized carbons (Fsp3) is 0.462. The minimum absolute atomic E-state index is 0.00472. The number of nitrogens with zero attached hydrogens (tertiary/aromatic N) is 3. The Kier molecular flexibility index (Phi) is 1.85. The van der Waals surface area contributed by atoms with E-state index in [1.807, 2.05) is 13.0 Å². The van der Waals surface area contributed by atoms with Gasteiger partial charge in [0.05, 0.1) is 17.4 Å². The Morgan fingerprint density at radius 2 is 2.28 bits per heavy atom. The molecule has 1 N–H and O–H groups in total. The van der Waals surface area contributed by atoms with Crippen molar-refractivity contribution >= 4 is 17.3 Å². The van der Waals surface area contributed by atoms with Crippen molar-refractivity contribution in [3.05, 3.63) is 23.5 Å². The lowest BCUT2D eigenvalue weighted by atomic mass is 10.1. The summed E-state index contributed by atoms with van der Waals surface area (Å²) in [7, 11) is 0. The molecule has 1 unspecified atom stereocenters. The van der Waals surface area contributed by atoms with Gasteiger partial charge in [-0.1, -0.05) is 0 Å². The zero-order valence-corrected chi connectivity index (χ0v) is 10.2. The second-order valence-electron chi connectivity index (χ2n) is 5.25. The van der Waals surface area contributed by atoms with E-state index in [1.54, 1.807) is 11.2 Å². The third kappa shape index (κ3) is 1.36. The highest BCUT2D eigenvalue weighted by Crippen LogP contribution is 2.38. The first-order valence-electron chi connectivity index (χ1n) is 6.36. The van der Waals surface area contributed by atoms with E-state index >= 15 is 0 Å². The average molecular weight is 242 g/mol. The van der Waals surface area contributed by atoms with Crippen molar-refractivity contribution < 1.29 is 4.79 Å². The summed E-state index contributed by atoms with van der Waals surface area (Å²) >= 11 is 0. The number of anilines is 1. The molecule has 1 atom stereocenters. The Morgan fingerprint density at radius 3 is 3.06 bits per heavy atom. The largest absolute Gasteiger partial charge is 0.361 e. The maximum Gasteiger partial charge on any atom is 0.278 e. The van der Waals surface area contributed by atoms with E-state index in [0.29, 0.717) is 11.5 Å². The summed E-state index contributed by atoms with van der Waals surface area (Å²) in [4.78, 5) is 16.6. The van der Waals surface area contributed by atoms with E-state index in [1.165, 1.54) is 18.6 Å². The van der Waals surface area contributed by atoms with E-state index in [4.69, 9.17) is 0 Å². The molecule has 3 aliphatic rings. The molecule has 5 heteroatoms. The normalized spacial score (nSPS) is 25.4. The van der Waals surface area contributed by atoms with Crippen molar-refractivity contribution in [2.24, 2.45) is 11.0 Å². The van der Waals surface area contributed by atoms with E-state index in [-0.39, 0.29) is 12.1 Å². The van der Waals surface area contributed by atoms with Crippen LogP contribution in [0.1, 0.15) is 35.3 Å². The number of carbonyl (C=O) groups excluding carboxylic acids is 1. The number of pyridine rings is 1. The van der Waals surface area contributed by atoms with Crippen LogP contribution in [0.15, 0.2) is 17.4 Å². The van der Waals surface area contributed by atoms with Crippen molar-refractivity contribution in [2.75, 3.05) is 5.32 Å². The highest BCUT2D eigenvalue weighted by Gasteiger charge is 2.41. The molecule has 0 aromatic carbocycles. The van der Waals surface area contributed by atoms with Gasteiger partial charge in [-0.3, -0.25) is 9.78 Å². The summed E-state index contributed by atoms with van der Waals surface area (Å²) in [5.74, 6) is 0.614. The fourth-order valence-electron chi connectivity index (χ4n) is 2.65. The summed E-state index contributed by atoms with van der Waals surface area (Å²) in [6.07, 6.45) is 5.03. The number of hydrogen-bond acceptors (Lipinski definition) is 4.